The maximum atomic E-state index is 12.1. The third kappa shape index (κ3) is 6.29. The molecule has 0 aliphatic carbocycles. The number of rotatable bonds is 7. The Morgan fingerprint density at radius 2 is 1.67 bits per heavy atom. The van der Waals surface area contributed by atoms with Crippen molar-refractivity contribution in [2.75, 3.05) is 0 Å². The predicted molar refractivity (Wildman–Crippen MR) is 87.9 cm³/mol. The Labute approximate surface area is 128 Å². The van der Waals surface area contributed by atoms with E-state index in [-0.39, 0.29) is 4.90 Å². The van der Waals surface area contributed by atoms with Crippen LogP contribution < -0.4 is 4.83 Å². The van der Waals surface area contributed by atoms with E-state index in [0.29, 0.717) is 11.8 Å². The molecule has 0 amide bonds. The van der Waals surface area contributed by atoms with Gasteiger partial charge < -0.3 is 0 Å². The van der Waals surface area contributed by atoms with Gasteiger partial charge in [0.25, 0.3) is 10.0 Å². The molecule has 0 spiro atoms. The minimum absolute atomic E-state index is 0.246. The lowest BCUT2D eigenvalue weighted by molar-refractivity contribution is 0.583. The first kappa shape index (κ1) is 17.7. The lowest BCUT2D eigenvalue weighted by Gasteiger charge is -2.08. The number of benzene rings is 1. The summed E-state index contributed by atoms with van der Waals surface area (Å²) in [6.45, 7) is 10.2. The number of hydrogen-bond donors (Lipinski definition) is 1. The summed E-state index contributed by atoms with van der Waals surface area (Å²) in [6.07, 6.45) is 1.72. The molecule has 1 aromatic carbocycles. The molecule has 0 saturated carbocycles. The summed E-state index contributed by atoms with van der Waals surface area (Å²) in [5.41, 5.74) is 1.92. The molecule has 1 aromatic rings. The molecule has 0 atom stereocenters. The Morgan fingerprint density at radius 3 is 2.14 bits per heavy atom. The monoisotopic (exact) mass is 310 g/mol. The van der Waals surface area contributed by atoms with Crippen molar-refractivity contribution in [2.45, 2.75) is 52.4 Å². The quantitative estimate of drug-likeness (QED) is 0.618. The number of hydrogen-bond acceptors (Lipinski definition) is 3. The lowest BCUT2D eigenvalue weighted by Crippen LogP contribution is -2.20. The van der Waals surface area contributed by atoms with Gasteiger partial charge in [-0.2, -0.15) is 13.5 Å². The van der Waals surface area contributed by atoms with E-state index in [2.05, 4.69) is 37.6 Å². The van der Waals surface area contributed by atoms with Crippen LogP contribution in [0.1, 0.15) is 46.6 Å². The van der Waals surface area contributed by atoms with Crippen LogP contribution in [0, 0.1) is 11.8 Å². The highest BCUT2D eigenvalue weighted by molar-refractivity contribution is 7.89. The first-order valence-electron chi connectivity index (χ1n) is 7.34. The summed E-state index contributed by atoms with van der Waals surface area (Å²) in [5.74, 6) is 1.00. The van der Waals surface area contributed by atoms with Crippen LogP contribution in [0.2, 0.25) is 0 Å². The number of hydrazone groups is 1. The molecule has 0 aromatic heterocycles. The fourth-order valence-corrected chi connectivity index (χ4v) is 2.98. The van der Waals surface area contributed by atoms with Crippen molar-refractivity contribution < 1.29 is 8.42 Å². The van der Waals surface area contributed by atoms with E-state index in [1.165, 1.54) is 0 Å². The molecule has 21 heavy (non-hydrogen) atoms. The van der Waals surface area contributed by atoms with Gasteiger partial charge in [-0.25, -0.2) is 4.83 Å². The molecule has 0 fully saturated rings. The maximum Gasteiger partial charge on any atom is 0.276 e. The van der Waals surface area contributed by atoms with Gasteiger partial charge in [0.15, 0.2) is 0 Å². The summed E-state index contributed by atoms with van der Waals surface area (Å²) in [4.78, 5) is 2.55. The van der Waals surface area contributed by atoms with Gasteiger partial charge in [0, 0.05) is 5.71 Å². The Hall–Kier alpha value is -1.36. The lowest BCUT2D eigenvalue weighted by atomic mass is 10.0. The van der Waals surface area contributed by atoms with Crippen LogP contribution in [0.4, 0.5) is 0 Å². The molecule has 5 heteroatoms. The highest BCUT2D eigenvalue weighted by Gasteiger charge is 2.13. The predicted octanol–water partition coefficient (Wildman–Crippen LogP) is 3.59. The molecule has 0 radical (unpaired) electrons. The van der Waals surface area contributed by atoms with E-state index in [9.17, 15) is 8.42 Å². The highest BCUT2D eigenvalue weighted by atomic mass is 32.2. The molecular formula is C16H26N2O2S. The second kappa shape index (κ2) is 7.59. The summed E-state index contributed by atoms with van der Waals surface area (Å²) in [6, 6.07) is 6.99. The molecule has 4 nitrogen and oxygen atoms in total. The minimum Gasteiger partial charge on any atom is -0.200 e. The summed E-state index contributed by atoms with van der Waals surface area (Å²) < 4.78 is 24.3. The fraction of sp³-hybridized carbons (Fsp3) is 0.562. The molecule has 0 aliphatic heterocycles. The van der Waals surface area contributed by atoms with Crippen LogP contribution in [-0.4, -0.2) is 14.1 Å². The molecular weight excluding hydrogens is 284 g/mol. The zero-order valence-electron chi connectivity index (χ0n) is 13.6. The van der Waals surface area contributed by atoms with Crippen molar-refractivity contribution in [3.05, 3.63) is 29.8 Å². The zero-order valence-corrected chi connectivity index (χ0v) is 14.4. The Bertz CT molecular complexity index is 573. The van der Waals surface area contributed by atoms with Crippen LogP contribution in [0.25, 0.3) is 0 Å². The highest BCUT2D eigenvalue weighted by Crippen LogP contribution is 2.13. The minimum atomic E-state index is -3.57. The van der Waals surface area contributed by atoms with E-state index in [4.69, 9.17) is 0 Å². The van der Waals surface area contributed by atoms with Crippen molar-refractivity contribution in [1.29, 1.82) is 0 Å². The van der Waals surface area contributed by atoms with Crippen LogP contribution in [0.15, 0.2) is 34.3 Å². The summed E-state index contributed by atoms with van der Waals surface area (Å²) in [7, 11) is -3.57. The summed E-state index contributed by atoms with van der Waals surface area (Å²) in [5, 5.41) is 3.96. The molecule has 0 unspecified atom stereocenters. The third-order valence-corrected chi connectivity index (χ3v) is 4.16. The second-order valence-electron chi connectivity index (χ2n) is 6.28. The van der Waals surface area contributed by atoms with E-state index in [1.807, 2.05) is 19.1 Å². The van der Waals surface area contributed by atoms with Gasteiger partial charge in [0.2, 0.25) is 0 Å². The van der Waals surface area contributed by atoms with Crippen molar-refractivity contribution in [3.63, 3.8) is 0 Å². The van der Waals surface area contributed by atoms with Crippen LogP contribution >= 0.6 is 0 Å². The van der Waals surface area contributed by atoms with E-state index in [0.717, 1.165) is 24.1 Å². The van der Waals surface area contributed by atoms with Gasteiger partial charge in [0.05, 0.1) is 4.90 Å². The van der Waals surface area contributed by atoms with Crippen molar-refractivity contribution in [2.24, 2.45) is 16.9 Å². The molecule has 0 saturated heterocycles. The molecule has 0 bridgehead atoms. The second-order valence-corrected chi connectivity index (χ2v) is 7.94. The van der Waals surface area contributed by atoms with Gasteiger partial charge in [-0.15, -0.1) is 0 Å². The molecule has 118 valence electrons. The smallest absolute Gasteiger partial charge is 0.200 e. The fourth-order valence-electron chi connectivity index (χ4n) is 2.10. The third-order valence-electron chi connectivity index (χ3n) is 2.94. The standard InChI is InChI=1S/C16H26N2O2S/c1-12(2)10-14(5)17-18-21(19,20)16-8-6-15(7-9-16)11-13(3)4/h6-9,12-13,18H,10-11H2,1-5H3. The normalized spacial score (nSPS) is 13.0. The maximum absolute atomic E-state index is 12.1. The van der Waals surface area contributed by atoms with Crippen LogP contribution in [-0.2, 0) is 16.4 Å². The average Bonchev–Trinajstić information content (AvgIpc) is 2.36. The topological polar surface area (TPSA) is 58.5 Å². The largest absolute Gasteiger partial charge is 0.276 e. The number of sulfonamides is 1. The van der Waals surface area contributed by atoms with Gasteiger partial charge in [-0.05, 0) is 49.3 Å². The molecule has 1 N–H and O–H groups in total. The van der Waals surface area contributed by atoms with Gasteiger partial charge in [0.1, 0.15) is 0 Å². The van der Waals surface area contributed by atoms with Crippen LogP contribution in [0.5, 0.6) is 0 Å². The van der Waals surface area contributed by atoms with E-state index >= 15 is 0 Å². The van der Waals surface area contributed by atoms with Gasteiger partial charge in [-0.3, -0.25) is 0 Å². The Morgan fingerprint density at radius 1 is 1.10 bits per heavy atom. The Kier molecular flexibility index (Phi) is 6.40. The van der Waals surface area contributed by atoms with Crippen molar-refractivity contribution >= 4 is 15.7 Å². The zero-order chi connectivity index (χ0) is 16.0. The number of nitrogens with zero attached hydrogens (tertiary/aromatic N) is 1. The SMILES string of the molecule is CC(CC(C)C)=NNS(=O)(=O)c1ccc(CC(C)C)cc1. The van der Waals surface area contributed by atoms with E-state index < -0.39 is 10.0 Å². The number of nitrogens with one attached hydrogen (secondary N) is 1. The van der Waals surface area contributed by atoms with Gasteiger partial charge in [-0.1, -0.05) is 39.8 Å². The first-order chi connectivity index (χ1) is 9.70. The molecule has 0 heterocycles. The molecule has 1 rings (SSSR count). The van der Waals surface area contributed by atoms with E-state index in [1.54, 1.807) is 12.1 Å². The van der Waals surface area contributed by atoms with Gasteiger partial charge >= 0.3 is 0 Å². The summed E-state index contributed by atoms with van der Waals surface area (Å²) >= 11 is 0. The Balaban J connectivity index is 2.79. The van der Waals surface area contributed by atoms with Crippen LogP contribution in [0.3, 0.4) is 0 Å². The first-order valence-corrected chi connectivity index (χ1v) is 8.83. The average molecular weight is 310 g/mol. The van der Waals surface area contributed by atoms with Crippen molar-refractivity contribution in [1.82, 2.24) is 4.83 Å². The molecule has 0 aliphatic rings. The van der Waals surface area contributed by atoms with Crippen molar-refractivity contribution in [3.8, 4) is 0 Å².